The lowest BCUT2D eigenvalue weighted by atomic mass is 10.1. The van der Waals surface area contributed by atoms with Crippen LogP contribution in [-0.2, 0) is 23.3 Å². The number of quaternary nitrogens is 1. The van der Waals surface area contributed by atoms with Crippen molar-refractivity contribution in [1.29, 1.82) is 0 Å². The summed E-state index contributed by atoms with van der Waals surface area (Å²) in [5.74, 6) is -0.242. The van der Waals surface area contributed by atoms with Crippen molar-refractivity contribution in [2.45, 2.75) is 77.2 Å². The van der Waals surface area contributed by atoms with Crippen LogP contribution in [0, 0.1) is 0 Å². The molecule has 0 aromatic rings. The van der Waals surface area contributed by atoms with Crippen LogP contribution in [0.4, 0.5) is 0 Å². The van der Waals surface area contributed by atoms with Crippen LogP contribution in [-0.4, -0.2) is 71.2 Å². The maximum atomic E-state index is 12.2. The molecule has 0 aliphatic carbocycles. The summed E-state index contributed by atoms with van der Waals surface area (Å²) in [6.45, 7) is 3.21. The monoisotopic (exact) mass is 470 g/mol. The van der Waals surface area contributed by atoms with E-state index in [1.54, 1.807) is 0 Å². The predicted octanol–water partition coefficient (Wildman–Crippen LogP) is 4.17. The van der Waals surface area contributed by atoms with Gasteiger partial charge in [0.05, 0.1) is 33.4 Å². The molecule has 0 N–H and O–H groups in total. The van der Waals surface area contributed by atoms with Crippen molar-refractivity contribution >= 4 is 25.4 Å². The van der Waals surface area contributed by atoms with Crippen molar-refractivity contribution < 1.29 is 32.7 Å². The SMILES string of the molecule is CCCCCCCCCCCC(=O)OC[C@H](CO[P+]([O-])(S)OCC[N+](C)(C)C)OC. The zero-order valence-corrected chi connectivity index (χ0v) is 21.6. The normalized spacial score (nSPS) is 15.0. The number of unbranched alkanes of at least 4 members (excludes halogenated alkanes) is 8. The largest absolute Gasteiger partial charge is 0.622 e. The second-order valence-electron chi connectivity index (χ2n) is 8.73. The Hall–Kier alpha value is 0.0500. The van der Waals surface area contributed by atoms with Gasteiger partial charge in [0.25, 0.3) is 7.15 Å². The lowest BCUT2D eigenvalue weighted by molar-refractivity contribution is -0.870. The number of likely N-dealkylation sites (N-methyl/N-ethyl adjacent to an activating group) is 1. The van der Waals surface area contributed by atoms with Gasteiger partial charge in [0.15, 0.2) is 0 Å². The molecular formula is C21H45NO6PS+. The number of carbonyl (C=O) groups excluding carboxylic acids is 1. The molecule has 30 heavy (non-hydrogen) atoms. The van der Waals surface area contributed by atoms with Gasteiger partial charge in [-0.3, -0.25) is 4.79 Å². The van der Waals surface area contributed by atoms with Gasteiger partial charge in [-0.1, -0.05) is 58.3 Å². The highest BCUT2D eigenvalue weighted by Gasteiger charge is 2.28. The minimum Gasteiger partial charge on any atom is -0.622 e. The smallest absolute Gasteiger partial charge is 0.305 e. The van der Waals surface area contributed by atoms with Gasteiger partial charge in [-0.25, -0.2) is 0 Å². The second-order valence-corrected chi connectivity index (χ2v) is 11.7. The molecule has 1 unspecified atom stereocenters. The third-order valence-corrected chi connectivity index (χ3v) is 6.37. The molecule has 0 rings (SSSR count). The number of carbonyl (C=O) groups is 1. The van der Waals surface area contributed by atoms with E-state index >= 15 is 0 Å². The van der Waals surface area contributed by atoms with E-state index in [0.717, 1.165) is 12.8 Å². The van der Waals surface area contributed by atoms with Gasteiger partial charge in [-0.15, -0.1) is 0 Å². The first-order chi connectivity index (χ1) is 14.1. The molecule has 0 aromatic heterocycles. The van der Waals surface area contributed by atoms with E-state index in [9.17, 15) is 9.69 Å². The predicted molar refractivity (Wildman–Crippen MR) is 124 cm³/mol. The van der Waals surface area contributed by atoms with Crippen LogP contribution in [0.25, 0.3) is 0 Å². The first-order valence-electron chi connectivity index (χ1n) is 11.2. The van der Waals surface area contributed by atoms with Crippen LogP contribution in [0.3, 0.4) is 0 Å². The Bertz CT molecular complexity index is 434. The second kappa shape index (κ2) is 17.6. The summed E-state index contributed by atoms with van der Waals surface area (Å²) in [5, 5.41) is 0. The molecule has 0 fully saturated rings. The Balaban J connectivity index is 3.83. The molecular weight excluding hydrogens is 425 g/mol. The Labute approximate surface area is 190 Å². The summed E-state index contributed by atoms with van der Waals surface area (Å²) in [5.41, 5.74) is 0. The zero-order chi connectivity index (χ0) is 22.9. The quantitative estimate of drug-likeness (QED) is 0.0946. The highest BCUT2D eigenvalue weighted by Crippen LogP contribution is 2.57. The number of ether oxygens (including phenoxy) is 2. The Morgan fingerprint density at radius 2 is 1.53 bits per heavy atom. The molecule has 0 amide bonds. The molecule has 0 heterocycles. The van der Waals surface area contributed by atoms with Gasteiger partial charge in [-0.05, 0) is 6.42 Å². The Morgan fingerprint density at radius 3 is 2.07 bits per heavy atom. The highest BCUT2D eigenvalue weighted by molar-refractivity contribution is 8.46. The van der Waals surface area contributed by atoms with Gasteiger partial charge in [0, 0.05) is 13.5 Å². The van der Waals surface area contributed by atoms with Crippen molar-refractivity contribution in [1.82, 2.24) is 0 Å². The maximum absolute atomic E-state index is 12.2. The average Bonchev–Trinajstić information content (AvgIpc) is 2.65. The van der Waals surface area contributed by atoms with Gasteiger partial charge in [0.2, 0.25) is 0 Å². The number of hydrogen-bond acceptors (Lipinski definition) is 7. The van der Waals surface area contributed by atoms with E-state index in [-0.39, 0.29) is 25.8 Å². The van der Waals surface area contributed by atoms with Crippen LogP contribution < -0.4 is 4.89 Å². The summed E-state index contributed by atoms with van der Waals surface area (Å²) in [6.07, 6.45) is 10.7. The number of thiol groups is 1. The summed E-state index contributed by atoms with van der Waals surface area (Å²) in [7, 11) is 4.06. The molecule has 0 bridgehead atoms. The summed E-state index contributed by atoms with van der Waals surface area (Å²) in [4.78, 5) is 24.1. The summed E-state index contributed by atoms with van der Waals surface area (Å²) in [6, 6.07) is 0. The molecule has 2 atom stereocenters. The van der Waals surface area contributed by atoms with E-state index in [2.05, 4.69) is 19.2 Å². The van der Waals surface area contributed by atoms with E-state index in [1.807, 2.05) is 21.1 Å². The minimum atomic E-state index is -3.47. The Kier molecular flexibility index (Phi) is 17.6. The van der Waals surface area contributed by atoms with Crippen LogP contribution in [0.5, 0.6) is 0 Å². The van der Waals surface area contributed by atoms with Crippen LogP contribution in [0.2, 0.25) is 0 Å². The highest BCUT2D eigenvalue weighted by atomic mass is 32.7. The molecule has 7 nitrogen and oxygen atoms in total. The average molecular weight is 471 g/mol. The Morgan fingerprint density at radius 1 is 0.967 bits per heavy atom. The molecule has 0 spiro atoms. The molecule has 0 saturated heterocycles. The molecule has 0 radical (unpaired) electrons. The minimum absolute atomic E-state index is 0.0209. The zero-order valence-electron chi connectivity index (χ0n) is 19.8. The van der Waals surface area contributed by atoms with Gasteiger partial charge >= 0.3 is 5.97 Å². The number of hydrogen-bond donors (Lipinski definition) is 1. The van der Waals surface area contributed by atoms with E-state index in [0.29, 0.717) is 17.4 Å². The van der Waals surface area contributed by atoms with Crippen LogP contribution in [0.1, 0.15) is 71.1 Å². The van der Waals surface area contributed by atoms with Crippen LogP contribution in [0.15, 0.2) is 0 Å². The molecule has 0 saturated carbocycles. The van der Waals surface area contributed by atoms with E-state index in [4.69, 9.17) is 18.5 Å². The maximum Gasteiger partial charge on any atom is 0.305 e. The molecule has 0 aliphatic rings. The lowest BCUT2D eigenvalue weighted by Crippen LogP contribution is -2.38. The van der Waals surface area contributed by atoms with Crippen molar-refractivity contribution in [3.8, 4) is 0 Å². The van der Waals surface area contributed by atoms with Crippen molar-refractivity contribution in [3.63, 3.8) is 0 Å². The molecule has 180 valence electrons. The fourth-order valence-electron chi connectivity index (χ4n) is 2.67. The number of rotatable bonds is 20. The van der Waals surface area contributed by atoms with Gasteiger partial charge in [-0.2, -0.15) is 9.05 Å². The molecule has 0 aromatic carbocycles. The number of esters is 1. The molecule has 0 aliphatic heterocycles. The first kappa shape index (κ1) is 30.0. The van der Waals surface area contributed by atoms with Crippen molar-refractivity contribution in [3.05, 3.63) is 0 Å². The van der Waals surface area contributed by atoms with Gasteiger partial charge in [0.1, 0.15) is 32.5 Å². The van der Waals surface area contributed by atoms with Crippen molar-refractivity contribution in [2.75, 3.05) is 54.6 Å². The third kappa shape index (κ3) is 20.0. The fraction of sp³-hybridized carbons (Fsp3) is 0.952. The first-order valence-corrected chi connectivity index (χ1v) is 13.9. The summed E-state index contributed by atoms with van der Waals surface area (Å²) >= 11 is 3.98. The van der Waals surface area contributed by atoms with Crippen molar-refractivity contribution in [2.24, 2.45) is 0 Å². The van der Waals surface area contributed by atoms with E-state index in [1.165, 1.54) is 52.1 Å². The topological polar surface area (TPSA) is 77.1 Å². The summed E-state index contributed by atoms with van der Waals surface area (Å²) < 4.78 is 21.7. The lowest BCUT2D eigenvalue weighted by Gasteiger charge is -2.26. The van der Waals surface area contributed by atoms with Gasteiger partial charge < -0.3 is 18.9 Å². The third-order valence-electron chi connectivity index (χ3n) is 4.69. The number of methoxy groups -OCH3 is 1. The standard InChI is InChI=1S/C21H44NO6PS/c1-6-7-8-9-10-11-12-13-14-15-21(23)26-18-20(25-5)19-28-29(24,30)27-17-16-22(2,3)4/h20H,6-19H2,1-5H3/p+1/t20-,29?/m1/s1. The van der Waals surface area contributed by atoms with Crippen LogP contribution >= 0.6 is 19.4 Å². The fourth-order valence-corrected chi connectivity index (χ4v) is 3.85. The van der Waals surface area contributed by atoms with E-state index < -0.39 is 13.2 Å². The number of nitrogens with zero attached hydrogens (tertiary/aromatic N) is 1. The molecule has 9 heteroatoms.